The van der Waals surface area contributed by atoms with Gasteiger partial charge in [0.15, 0.2) is 35.0 Å². The zero-order valence-electron chi connectivity index (χ0n) is 20.5. The van der Waals surface area contributed by atoms with Crippen LogP contribution in [0.25, 0.3) is 11.2 Å². The van der Waals surface area contributed by atoms with Gasteiger partial charge in [-0.3, -0.25) is 14.2 Å². The molecule has 1 aliphatic heterocycles. The Morgan fingerprint density at radius 3 is 2.67 bits per heavy atom. The van der Waals surface area contributed by atoms with Crippen LogP contribution >= 0.6 is 0 Å². The van der Waals surface area contributed by atoms with Crippen molar-refractivity contribution >= 4 is 34.9 Å². The molecule has 1 fully saturated rings. The number of halogens is 1. The van der Waals surface area contributed by atoms with Crippen molar-refractivity contribution in [2.24, 2.45) is 5.92 Å². The summed E-state index contributed by atoms with van der Waals surface area (Å²) in [5.74, 6) is -1.30. The molecule has 3 aromatic rings. The lowest BCUT2D eigenvalue weighted by Gasteiger charge is -2.28. The molecule has 4 rings (SSSR count). The van der Waals surface area contributed by atoms with Gasteiger partial charge in [0.1, 0.15) is 12.7 Å². The van der Waals surface area contributed by atoms with Gasteiger partial charge in [0.05, 0.1) is 18.7 Å². The number of nitrogens with one attached hydrogen (secondary N) is 1. The maximum Gasteiger partial charge on any atom is 0.310 e. The van der Waals surface area contributed by atoms with Crippen LogP contribution in [0.5, 0.6) is 0 Å². The van der Waals surface area contributed by atoms with Crippen LogP contribution in [-0.2, 0) is 30.2 Å². The highest BCUT2D eigenvalue weighted by Crippen LogP contribution is 2.44. The Labute approximate surface area is 207 Å². The molecule has 0 unspecified atom stereocenters. The summed E-state index contributed by atoms with van der Waals surface area (Å²) in [5, 5.41) is 2.88. The average molecular weight is 501 g/mol. The van der Waals surface area contributed by atoms with Crippen molar-refractivity contribution in [2.75, 3.05) is 24.7 Å². The maximum atomic E-state index is 16.4. The minimum atomic E-state index is -2.23. The van der Waals surface area contributed by atoms with Crippen LogP contribution in [-0.4, -0.2) is 63.0 Å². The molecule has 0 saturated carbocycles. The molecule has 0 amide bonds. The minimum absolute atomic E-state index is 0.0372. The molecule has 1 saturated heterocycles. The van der Waals surface area contributed by atoms with Crippen LogP contribution in [0, 0.1) is 5.92 Å². The van der Waals surface area contributed by atoms with E-state index < -0.39 is 42.0 Å². The fourth-order valence-corrected chi connectivity index (χ4v) is 4.06. The van der Waals surface area contributed by atoms with E-state index in [4.69, 9.17) is 19.9 Å². The number of esters is 2. The van der Waals surface area contributed by atoms with Crippen molar-refractivity contribution in [2.45, 2.75) is 51.3 Å². The number of alkyl halides is 1. The predicted octanol–water partition coefficient (Wildman–Crippen LogP) is 2.43. The van der Waals surface area contributed by atoms with Crippen LogP contribution in [0.3, 0.4) is 0 Å². The van der Waals surface area contributed by atoms with Gasteiger partial charge in [-0.05, 0) is 12.5 Å². The molecule has 0 aliphatic carbocycles. The second-order valence-electron chi connectivity index (χ2n) is 9.04. The van der Waals surface area contributed by atoms with E-state index in [1.807, 2.05) is 18.2 Å². The van der Waals surface area contributed by atoms with E-state index in [0.717, 1.165) is 5.56 Å². The molecule has 0 radical (unpaired) electrons. The molecule has 11 nitrogen and oxygen atoms in total. The molecule has 0 spiro atoms. The number of nitrogens with zero attached hydrogens (tertiary/aromatic N) is 4. The van der Waals surface area contributed by atoms with Crippen molar-refractivity contribution in [3.05, 3.63) is 42.2 Å². The van der Waals surface area contributed by atoms with Gasteiger partial charge in [-0.1, -0.05) is 44.2 Å². The van der Waals surface area contributed by atoms with Gasteiger partial charge in [-0.15, -0.1) is 0 Å². The quantitative estimate of drug-likeness (QED) is 0.443. The third-order valence-electron chi connectivity index (χ3n) is 5.92. The second-order valence-corrected chi connectivity index (χ2v) is 9.04. The number of ether oxygens (including phenoxy) is 3. The zero-order chi connectivity index (χ0) is 26.0. The van der Waals surface area contributed by atoms with Crippen LogP contribution < -0.4 is 11.1 Å². The first-order chi connectivity index (χ1) is 17.1. The summed E-state index contributed by atoms with van der Waals surface area (Å²) in [6.07, 6.45) is -2.35. The minimum Gasteiger partial charge on any atom is -0.463 e. The summed E-state index contributed by atoms with van der Waals surface area (Å²) in [6.45, 7) is 4.23. The summed E-state index contributed by atoms with van der Waals surface area (Å²) in [5.41, 5.74) is 4.97. The largest absolute Gasteiger partial charge is 0.463 e. The molecule has 1 aliphatic rings. The van der Waals surface area contributed by atoms with Gasteiger partial charge in [0.2, 0.25) is 5.95 Å². The number of nitrogens with two attached hydrogens (primary N) is 1. The maximum absolute atomic E-state index is 16.4. The Balaban J connectivity index is 1.61. The molecule has 1 aromatic carbocycles. The molecule has 0 bridgehead atoms. The fourth-order valence-electron chi connectivity index (χ4n) is 4.06. The molecule has 36 heavy (non-hydrogen) atoms. The molecule has 192 valence electrons. The van der Waals surface area contributed by atoms with Crippen LogP contribution in [0.15, 0.2) is 36.7 Å². The van der Waals surface area contributed by atoms with Crippen molar-refractivity contribution in [3.8, 4) is 0 Å². The molecular weight excluding hydrogens is 471 g/mol. The first-order valence-corrected chi connectivity index (χ1v) is 11.5. The number of hydrogen-bond donors (Lipinski definition) is 2. The highest BCUT2D eigenvalue weighted by Gasteiger charge is 2.58. The van der Waals surface area contributed by atoms with E-state index in [9.17, 15) is 9.59 Å². The highest BCUT2D eigenvalue weighted by molar-refractivity contribution is 5.84. The Kier molecular flexibility index (Phi) is 7.07. The van der Waals surface area contributed by atoms with Gasteiger partial charge in [0.25, 0.3) is 0 Å². The second kappa shape index (κ2) is 10.1. The number of fused-ring (bicyclic) bond motifs is 1. The number of carbonyl (C=O) groups is 2. The van der Waals surface area contributed by atoms with Crippen molar-refractivity contribution in [1.29, 1.82) is 0 Å². The monoisotopic (exact) mass is 500 g/mol. The van der Waals surface area contributed by atoms with Crippen LogP contribution in [0.2, 0.25) is 0 Å². The summed E-state index contributed by atoms with van der Waals surface area (Å²) >= 11 is 0. The lowest BCUT2D eigenvalue weighted by molar-refractivity contribution is -0.164. The Bertz CT molecular complexity index is 1250. The van der Waals surface area contributed by atoms with Gasteiger partial charge in [-0.25, -0.2) is 9.37 Å². The van der Waals surface area contributed by atoms with Gasteiger partial charge in [-0.2, -0.15) is 9.97 Å². The average Bonchev–Trinajstić information content (AvgIpc) is 3.35. The Hall–Kier alpha value is -3.80. The number of imidazole rings is 1. The number of benzene rings is 1. The van der Waals surface area contributed by atoms with E-state index in [2.05, 4.69) is 20.3 Å². The molecule has 3 heterocycles. The highest BCUT2D eigenvalue weighted by atomic mass is 19.1. The van der Waals surface area contributed by atoms with Crippen LogP contribution in [0.1, 0.15) is 32.6 Å². The van der Waals surface area contributed by atoms with Crippen molar-refractivity contribution in [3.63, 3.8) is 0 Å². The number of rotatable bonds is 8. The molecule has 12 heteroatoms. The van der Waals surface area contributed by atoms with E-state index in [1.165, 1.54) is 17.8 Å². The number of hydrogen-bond acceptors (Lipinski definition) is 10. The lowest BCUT2D eigenvalue weighted by Crippen LogP contribution is -2.45. The van der Waals surface area contributed by atoms with Gasteiger partial charge < -0.3 is 25.3 Å². The van der Waals surface area contributed by atoms with E-state index in [-0.39, 0.29) is 24.6 Å². The van der Waals surface area contributed by atoms with Gasteiger partial charge >= 0.3 is 11.9 Å². The van der Waals surface area contributed by atoms with E-state index >= 15 is 4.39 Å². The van der Waals surface area contributed by atoms with E-state index in [1.54, 1.807) is 33.0 Å². The first-order valence-electron chi connectivity index (χ1n) is 11.5. The van der Waals surface area contributed by atoms with Crippen molar-refractivity contribution in [1.82, 2.24) is 19.5 Å². The summed E-state index contributed by atoms with van der Waals surface area (Å²) in [7, 11) is 1.65. The molecule has 2 aromatic heterocycles. The first kappa shape index (κ1) is 25.3. The summed E-state index contributed by atoms with van der Waals surface area (Å²) in [4.78, 5) is 37.4. The van der Waals surface area contributed by atoms with Crippen molar-refractivity contribution < 1.29 is 28.2 Å². The molecule has 3 N–H and O–H groups in total. The third kappa shape index (κ3) is 4.94. The number of anilines is 2. The zero-order valence-corrected chi connectivity index (χ0v) is 20.5. The molecular formula is C24H29FN6O5. The van der Waals surface area contributed by atoms with Crippen LogP contribution in [0.4, 0.5) is 16.2 Å². The summed E-state index contributed by atoms with van der Waals surface area (Å²) < 4.78 is 34.7. The summed E-state index contributed by atoms with van der Waals surface area (Å²) in [6, 6.07) is 9.07. The normalized spacial score (nSPS) is 23.7. The lowest BCUT2D eigenvalue weighted by atomic mass is 9.98. The smallest absolute Gasteiger partial charge is 0.310 e. The predicted molar refractivity (Wildman–Crippen MR) is 129 cm³/mol. The van der Waals surface area contributed by atoms with E-state index in [0.29, 0.717) is 11.3 Å². The Morgan fingerprint density at radius 2 is 2.00 bits per heavy atom. The fraction of sp³-hybridized carbons (Fsp3) is 0.458. The van der Waals surface area contributed by atoms with Gasteiger partial charge in [0, 0.05) is 7.05 Å². The third-order valence-corrected chi connectivity index (χ3v) is 5.92. The number of nitrogen functional groups attached to an aromatic ring is 1. The SMILES string of the molecule is CNc1nc(N)nc2c1ncn2[C@@H]1O[C@H](COC(=O)Cc2ccccc2)[C@@H](OC(=O)C(C)C)[C@@]1(C)F. The topological polar surface area (TPSA) is 143 Å². The molecule has 4 atom stereocenters. The standard InChI is InChI=1S/C24H29FN6O5/c1-13(2)21(33)36-18-15(11-34-16(32)10-14-8-6-5-7-9-14)35-22(24(18,3)25)31-12-28-17-19(27-4)29-23(26)30-20(17)31/h5-9,12-13,15,18,22H,10-11H2,1-4H3,(H3,26,27,29,30)/t15-,18-,22-,24-/m1/s1. The number of carbonyl (C=O) groups excluding carboxylic acids is 2. The number of aromatic nitrogens is 4. The Morgan fingerprint density at radius 1 is 1.28 bits per heavy atom.